The Morgan fingerprint density at radius 1 is 1.00 bits per heavy atom. The van der Waals surface area contributed by atoms with Crippen molar-refractivity contribution in [2.24, 2.45) is 0 Å². The number of sulfonamides is 1. The lowest BCUT2D eigenvalue weighted by molar-refractivity contribution is 0.330. The van der Waals surface area contributed by atoms with Crippen LogP contribution in [0.15, 0.2) is 48.5 Å². The molecule has 1 atom stereocenters. The van der Waals surface area contributed by atoms with Crippen molar-refractivity contribution < 1.29 is 21.9 Å². The number of halogens is 2. The van der Waals surface area contributed by atoms with Gasteiger partial charge < -0.3 is 4.74 Å². The fraction of sp³-hybridized carbons (Fsp3) is 0.368. The van der Waals surface area contributed by atoms with Crippen LogP contribution in [-0.4, -0.2) is 37.7 Å². The van der Waals surface area contributed by atoms with Crippen LogP contribution in [0.3, 0.4) is 0 Å². The smallest absolute Gasteiger partial charge is 0.217 e. The third-order valence-corrected chi connectivity index (χ3v) is 6.37. The lowest BCUT2D eigenvalue weighted by Crippen LogP contribution is -2.39. The predicted molar refractivity (Wildman–Crippen MR) is 95.5 cm³/mol. The summed E-state index contributed by atoms with van der Waals surface area (Å²) >= 11 is 0. The second kappa shape index (κ2) is 8.14. The normalized spacial score (nSPS) is 18.2. The minimum atomic E-state index is -3.46. The Balaban J connectivity index is 1.58. The highest BCUT2D eigenvalue weighted by Gasteiger charge is 2.33. The third kappa shape index (κ3) is 4.80. The molecule has 2 aromatic rings. The molecule has 0 amide bonds. The molecule has 7 heteroatoms. The molecule has 4 nitrogen and oxygen atoms in total. The first-order chi connectivity index (χ1) is 12.4. The van der Waals surface area contributed by atoms with Gasteiger partial charge in [0.25, 0.3) is 0 Å². The summed E-state index contributed by atoms with van der Waals surface area (Å²) in [5, 5.41) is 0. The minimum absolute atomic E-state index is 0.00767. The van der Waals surface area contributed by atoms with Crippen LogP contribution in [0.1, 0.15) is 18.4 Å². The van der Waals surface area contributed by atoms with Crippen molar-refractivity contribution in [1.29, 1.82) is 0 Å². The van der Waals surface area contributed by atoms with Crippen LogP contribution in [0, 0.1) is 11.6 Å². The quantitative estimate of drug-likeness (QED) is 0.739. The molecular formula is C19H21F2NO3S. The largest absolute Gasteiger partial charge is 0.492 e. The van der Waals surface area contributed by atoms with Crippen molar-refractivity contribution in [3.05, 3.63) is 65.7 Å². The van der Waals surface area contributed by atoms with Crippen LogP contribution in [-0.2, 0) is 16.4 Å². The van der Waals surface area contributed by atoms with Crippen molar-refractivity contribution in [2.45, 2.75) is 25.3 Å². The van der Waals surface area contributed by atoms with E-state index in [1.165, 1.54) is 40.7 Å². The average Bonchev–Trinajstić information content (AvgIpc) is 3.08. The number of nitrogens with zero attached hydrogens (tertiary/aromatic N) is 1. The molecule has 0 bridgehead atoms. The van der Waals surface area contributed by atoms with Crippen molar-refractivity contribution in [3.8, 4) is 5.75 Å². The zero-order valence-electron chi connectivity index (χ0n) is 14.3. The van der Waals surface area contributed by atoms with E-state index in [-0.39, 0.29) is 30.0 Å². The summed E-state index contributed by atoms with van der Waals surface area (Å²) in [6.45, 7) is 0.498. The standard InChI is InChI=1S/C19H21F2NO3S/c20-16-5-3-15(4-6-16)14-18-2-1-11-22(18)26(23,24)13-12-25-19-9-7-17(21)8-10-19/h3-10,18H,1-2,11-14H2. The van der Waals surface area contributed by atoms with Gasteiger partial charge in [0.15, 0.2) is 0 Å². The third-order valence-electron chi connectivity index (χ3n) is 4.49. The average molecular weight is 381 g/mol. The highest BCUT2D eigenvalue weighted by Crippen LogP contribution is 2.25. The van der Waals surface area contributed by atoms with E-state index in [2.05, 4.69) is 0 Å². The van der Waals surface area contributed by atoms with Gasteiger partial charge in [-0.3, -0.25) is 0 Å². The van der Waals surface area contributed by atoms with Gasteiger partial charge in [-0.05, 0) is 61.2 Å². The van der Waals surface area contributed by atoms with Gasteiger partial charge in [0.05, 0.1) is 5.75 Å². The number of hydrogen-bond donors (Lipinski definition) is 0. The molecule has 1 heterocycles. The van der Waals surface area contributed by atoms with Crippen molar-refractivity contribution in [1.82, 2.24) is 4.31 Å². The Bertz CT molecular complexity index is 823. The van der Waals surface area contributed by atoms with E-state index in [1.54, 1.807) is 12.1 Å². The number of hydrogen-bond acceptors (Lipinski definition) is 3. The number of benzene rings is 2. The topological polar surface area (TPSA) is 46.6 Å². The van der Waals surface area contributed by atoms with Crippen molar-refractivity contribution in [2.75, 3.05) is 18.9 Å². The lowest BCUT2D eigenvalue weighted by atomic mass is 10.0. The molecule has 0 saturated carbocycles. The summed E-state index contributed by atoms with van der Waals surface area (Å²) in [6.07, 6.45) is 2.16. The molecule has 1 fully saturated rings. The van der Waals surface area contributed by atoms with Gasteiger partial charge in [-0.25, -0.2) is 17.2 Å². The Hall–Kier alpha value is -1.99. The van der Waals surface area contributed by atoms with Gasteiger partial charge >= 0.3 is 0 Å². The van der Waals surface area contributed by atoms with Crippen LogP contribution in [0.25, 0.3) is 0 Å². The first-order valence-corrected chi connectivity index (χ1v) is 10.2. The van der Waals surface area contributed by atoms with Gasteiger partial charge in [0.2, 0.25) is 10.0 Å². The van der Waals surface area contributed by atoms with E-state index in [0.29, 0.717) is 18.7 Å². The Morgan fingerprint density at radius 3 is 2.27 bits per heavy atom. The molecule has 1 aliphatic heterocycles. The molecule has 0 aromatic heterocycles. The molecular weight excluding hydrogens is 360 g/mol. The molecule has 0 aliphatic carbocycles. The zero-order valence-corrected chi connectivity index (χ0v) is 15.1. The maximum absolute atomic E-state index is 13.0. The fourth-order valence-corrected chi connectivity index (χ4v) is 4.75. The summed E-state index contributed by atoms with van der Waals surface area (Å²) in [7, 11) is -3.46. The SMILES string of the molecule is O=S(=O)(CCOc1ccc(F)cc1)N1CCCC1Cc1ccc(F)cc1. The monoisotopic (exact) mass is 381 g/mol. The fourth-order valence-electron chi connectivity index (χ4n) is 3.18. The highest BCUT2D eigenvalue weighted by molar-refractivity contribution is 7.89. The van der Waals surface area contributed by atoms with Crippen LogP contribution in [0.2, 0.25) is 0 Å². The summed E-state index contributed by atoms with van der Waals surface area (Å²) in [5.41, 5.74) is 0.918. The van der Waals surface area contributed by atoms with E-state index < -0.39 is 10.0 Å². The van der Waals surface area contributed by atoms with Gasteiger partial charge in [-0.2, -0.15) is 4.31 Å². The molecule has 0 spiro atoms. The number of ether oxygens (including phenoxy) is 1. The van der Waals surface area contributed by atoms with E-state index >= 15 is 0 Å². The molecule has 0 N–H and O–H groups in total. The van der Waals surface area contributed by atoms with Gasteiger partial charge in [-0.15, -0.1) is 0 Å². The molecule has 3 rings (SSSR count). The number of rotatable bonds is 7. The van der Waals surface area contributed by atoms with E-state index in [4.69, 9.17) is 4.74 Å². The van der Waals surface area contributed by atoms with E-state index in [9.17, 15) is 17.2 Å². The van der Waals surface area contributed by atoms with E-state index in [0.717, 1.165) is 18.4 Å². The Kier molecular flexibility index (Phi) is 5.88. The predicted octanol–water partition coefficient (Wildman–Crippen LogP) is 3.38. The lowest BCUT2D eigenvalue weighted by Gasteiger charge is -2.24. The Labute approximate surface area is 152 Å². The minimum Gasteiger partial charge on any atom is -0.492 e. The van der Waals surface area contributed by atoms with Gasteiger partial charge in [0, 0.05) is 12.6 Å². The molecule has 2 aromatic carbocycles. The maximum atomic E-state index is 13.0. The van der Waals surface area contributed by atoms with Crippen LogP contribution in [0.5, 0.6) is 5.75 Å². The van der Waals surface area contributed by atoms with Crippen LogP contribution >= 0.6 is 0 Å². The molecule has 0 radical (unpaired) electrons. The molecule has 1 unspecified atom stereocenters. The molecule has 1 aliphatic rings. The summed E-state index contributed by atoms with van der Waals surface area (Å²) in [4.78, 5) is 0. The first-order valence-electron chi connectivity index (χ1n) is 8.56. The van der Waals surface area contributed by atoms with Crippen molar-refractivity contribution >= 4 is 10.0 Å². The van der Waals surface area contributed by atoms with Crippen LogP contribution < -0.4 is 4.74 Å². The zero-order chi connectivity index (χ0) is 18.6. The van der Waals surface area contributed by atoms with Crippen molar-refractivity contribution in [3.63, 3.8) is 0 Å². The van der Waals surface area contributed by atoms with E-state index in [1.807, 2.05) is 0 Å². The summed E-state index contributed by atoms with van der Waals surface area (Å²) in [5.74, 6) is -0.372. The highest BCUT2D eigenvalue weighted by atomic mass is 32.2. The maximum Gasteiger partial charge on any atom is 0.217 e. The summed E-state index contributed by atoms with van der Waals surface area (Å²) in [6, 6.07) is 11.5. The van der Waals surface area contributed by atoms with Gasteiger partial charge in [-0.1, -0.05) is 12.1 Å². The molecule has 26 heavy (non-hydrogen) atoms. The second-order valence-corrected chi connectivity index (χ2v) is 8.40. The Morgan fingerprint density at radius 2 is 1.62 bits per heavy atom. The van der Waals surface area contributed by atoms with Crippen LogP contribution in [0.4, 0.5) is 8.78 Å². The molecule has 1 saturated heterocycles. The summed E-state index contributed by atoms with van der Waals surface area (Å²) < 4.78 is 58.2. The first kappa shape index (κ1) is 18.8. The van der Waals surface area contributed by atoms with Gasteiger partial charge in [0.1, 0.15) is 24.0 Å². The molecule has 140 valence electrons. The second-order valence-electron chi connectivity index (χ2n) is 6.36.